The van der Waals surface area contributed by atoms with Gasteiger partial charge in [0.25, 0.3) is 0 Å². The summed E-state index contributed by atoms with van der Waals surface area (Å²) in [5, 5.41) is 12.4. The molecule has 0 fully saturated rings. The maximum Gasteiger partial charge on any atom is 0.337 e. The number of carbonyl (C=O) groups is 1. The van der Waals surface area contributed by atoms with Crippen molar-refractivity contribution in [3.63, 3.8) is 0 Å². The van der Waals surface area contributed by atoms with Gasteiger partial charge in [0.05, 0.1) is 5.56 Å². The Bertz CT molecular complexity index is 384. The van der Waals surface area contributed by atoms with E-state index in [0.29, 0.717) is 11.5 Å². The molecule has 0 aromatic heterocycles. The lowest BCUT2D eigenvalue weighted by molar-refractivity contribution is 0.0698. The van der Waals surface area contributed by atoms with Gasteiger partial charge in [-0.1, -0.05) is 38.3 Å². The number of nitrogens with one attached hydrogen (secondary N) is 1. The van der Waals surface area contributed by atoms with E-state index in [2.05, 4.69) is 19.2 Å². The topological polar surface area (TPSA) is 49.3 Å². The van der Waals surface area contributed by atoms with Gasteiger partial charge in [0.15, 0.2) is 0 Å². The molecular formula is C14H21NO2. The summed E-state index contributed by atoms with van der Waals surface area (Å²) in [6.45, 7) is 7.04. The molecule has 0 aliphatic carbocycles. The van der Waals surface area contributed by atoms with Gasteiger partial charge in [-0.15, -0.1) is 0 Å². The van der Waals surface area contributed by atoms with E-state index in [4.69, 9.17) is 5.11 Å². The number of aromatic carboxylic acids is 1. The minimum atomic E-state index is -0.874. The van der Waals surface area contributed by atoms with Crippen LogP contribution in [0.3, 0.4) is 0 Å². The molecule has 0 aliphatic rings. The molecule has 17 heavy (non-hydrogen) atoms. The van der Waals surface area contributed by atoms with Gasteiger partial charge in [-0.3, -0.25) is 0 Å². The van der Waals surface area contributed by atoms with Crippen LogP contribution in [-0.4, -0.2) is 17.6 Å². The van der Waals surface area contributed by atoms with Crippen molar-refractivity contribution in [2.75, 3.05) is 11.9 Å². The van der Waals surface area contributed by atoms with E-state index in [1.165, 1.54) is 0 Å². The second kappa shape index (κ2) is 6.28. The summed E-state index contributed by atoms with van der Waals surface area (Å²) in [6, 6.07) is 5.49. The fraction of sp³-hybridized carbons (Fsp3) is 0.500. The summed E-state index contributed by atoms with van der Waals surface area (Å²) in [6.07, 6.45) is 2.22. The lowest BCUT2D eigenvalue weighted by atomic mass is 10.0. The van der Waals surface area contributed by atoms with Crippen molar-refractivity contribution in [3.05, 3.63) is 29.3 Å². The summed E-state index contributed by atoms with van der Waals surface area (Å²) >= 11 is 0. The van der Waals surface area contributed by atoms with Crippen LogP contribution in [0, 0.1) is 12.8 Å². The Kier molecular flexibility index (Phi) is 5.01. The number of hydrogen-bond acceptors (Lipinski definition) is 2. The predicted molar refractivity (Wildman–Crippen MR) is 70.7 cm³/mol. The van der Waals surface area contributed by atoms with Gasteiger partial charge in [-0.25, -0.2) is 4.79 Å². The average molecular weight is 235 g/mol. The van der Waals surface area contributed by atoms with Gasteiger partial charge in [0.1, 0.15) is 0 Å². The molecular weight excluding hydrogens is 214 g/mol. The lowest BCUT2D eigenvalue weighted by Gasteiger charge is -2.16. The Morgan fingerprint density at radius 1 is 1.35 bits per heavy atom. The van der Waals surface area contributed by atoms with Gasteiger partial charge in [0, 0.05) is 12.2 Å². The number of hydrogen-bond donors (Lipinski definition) is 2. The van der Waals surface area contributed by atoms with Crippen LogP contribution in [0.4, 0.5) is 5.69 Å². The first-order valence-electron chi connectivity index (χ1n) is 6.16. The van der Waals surface area contributed by atoms with E-state index in [1.54, 1.807) is 6.07 Å². The highest BCUT2D eigenvalue weighted by molar-refractivity contribution is 5.94. The summed E-state index contributed by atoms with van der Waals surface area (Å²) < 4.78 is 0. The zero-order valence-electron chi connectivity index (χ0n) is 10.8. The molecule has 0 saturated heterocycles. The van der Waals surface area contributed by atoms with Crippen molar-refractivity contribution < 1.29 is 9.90 Å². The van der Waals surface area contributed by atoms with E-state index in [9.17, 15) is 4.79 Å². The molecule has 1 aromatic rings. The van der Waals surface area contributed by atoms with Gasteiger partial charge in [-0.05, 0) is 25.0 Å². The molecule has 1 aromatic carbocycles. The molecule has 3 heteroatoms. The molecule has 1 rings (SSSR count). The molecule has 0 atom stereocenters. The number of aryl methyl sites for hydroxylation is 1. The predicted octanol–water partition coefficient (Wildman–Crippen LogP) is 3.54. The first-order valence-corrected chi connectivity index (χ1v) is 6.16. The third-order valence-corrected chi connectivity index (χ3v) is 3.14. The molecule has 0 saturated carbocycles. The highest BCUT2D eigenvalue weighted by Crippen LogP contribution is 2.19. The quantitative estimate of drug-likeness (QED) is 0.792. The Balaban J connectivity index is 2.80. The van der Waals surface area contributed by atoms with E-state index in [1.807, 2.05) is 19.1 Å². The molecule has 94 valence electrons. The number of benzene rings is 1. The summed E-state index contributed by atoms with van der Waals surface area (Å²) in [4.78, 5) is 11.1. The maximum absolute atomic E-state index is 11.1. The van der Waals surface area contributed by atoms with Crippen molar-refractivity contribution in [1.29, 1.82) is 0 Å². The monoisotopic (exact) mass is 235 g/mol. The van der Waals surface area contributed by atoms with Crippen molar-refractivity contribution in [2.24, 2.45) is 5.92 Å². The van der Waals surface area contributed by atoms with Crippen LogP contribution < -0.4 is 5.32 Å². The molecule has 0 spiro atoms. The van der Waals surface area contributed by atoms with E-state index >= 15 is 0 Å². The molecule has 0 radical (unpaired) electrons. The number of rotatable bonds is 6. The standard InChI is InChI=1S/C14H21NO2/c1-4-11(5-2)9-15-13-7-6-10(3)8-12(13)14(16)17/h6-8,11,15H,4-5,9H2,1-3H3,(H,16,17). The fourth-order valence-electron chi connectivity index (χ4n) is 1.82. The van der Waals surface area contributed by atoms with Crippen LogP contribution in [-0.2, 0) is 0 Å². The Hall–Kier alpha value is -1.51. The fourth-order valence-corrected chi connectivity index (χ4v) is 1.82. The lowest BCUT2D eigenvalue weighted by Crippen LogP contribution is -2.15. The zero-order valence-corrected chi connectivity index (χ0v) is 10.8. The number of anilines is 1. The zero-order chi connectivity index (χ0) is 12.8. The third-order valence-electron chi connectivity index (χ3n) is 3.14. The van der Waals surface area contributed by atoms with Gasteiger partial charge < -0.3 is 10.4 Å². The van der Waals surface area contributed by atoms with E-state index in [-0.39, 0.29) is 0 Å². The second-order valence-corrected chi connectivity index (χ2v) is 4.42. The van der Waals surface area contributed by atoms with Crippen LogP contribution in [0.25, 0.3) is 0 Å². The number of carboxylic acids is 1. The van der Waals surface area contributed by atoms with Gasteiger partial charge in [0.2, 0.25) is 0 Å². The summed E-state index contributed by atoms with van der Waals surface area (Å²) in [5.41, 5.74) is 2.04. The Morgan fingerprint density at radius 3 is 2.53 bits per heavy atom. The average Bonchev–Trinajstić information content (AvgIpc) is 2.31. The molecule has 0 amide bonds. The first-order chi connectivity index (χ1) is 8.08. The highest BCUT2D eigenvalue weighted by Gasteiger charge is 2.11. The third kappa shape index (κ3) is 3.77. The first kappa shape index (κ1) is 13.6. The minimum Gasteiger partial charge on any atom is -0.478 e. The molecule has 3 nitrogen and oxygen atoms in total. The van der Waals surface area contributed by atoms with Crippen molar-refractivity contribution >= 4 is 11.7 Å². The van der Waals surface area contributed by atoms with E-state index < -0.39 is 5.97 Å². The Morgan fingerprint density at radius 2 is 2.00 bits per heavy atom. The normalized spacial score (nSPS) is 10.6. The van der Waals surface area contributed by atoms with Gasteiger partial charge in [-0.2, -0.15) is 0 Å². The SMILES string of the molecule is CCC(CC)CNc1ccc(C)cc1C(=O)O. The van der Waals surface area contributed by atoms with E-state index in [0.717, 1.165) is 30.6 Å². The summed E-state index contributed by atoms with van der Waals surface area (Å²) in [7, 11) is 0. The molecule has 0 aliphatic heterocycles. The minimum absolute atomic E-state index is 0.357. The Labute approximate surface area is 103 Å². The number of carboxylic acid groups (broad SMARTS) is 1. The summed E-state index contributed by atoms with van der Waals surface area (Å²) in [5.74, 6) is -0.279. The van der Waals surface area contributed by atoms with Crippen LogP contribution in [0.15, 0.2) is 18.2 Å². The van der Waals surface area contributed by atoms with Crippen LogP contribution in [0.2, 0.25) is 0 Å². The van der Waals surface area contributed by atoms with Crippen LogP contribution >= 0.6 is 0 Å². The van der Waals surface area contributed by atoms with Crippen molar-refractivity contribution in [1.82, 2.24) is 0 Å². The smallest absolute Gasteiger partial charge is 0.337 e. The maximum atomic E-state index is 11.1. The van der Waals surface area contributed by atoms with Crippen molar-refractivity contribution in [2.45, 2.75) is 33.6 Å². The molecule has 2 N–H and O–H groups in total. The molecule has 0 unspecified atom stereocenters. The van der Waals surface area contributed by atoms with Crippen LogP contribution in [0.5, 0.6) is 0 Å². The molecule has 0 heterocycles. The highest BCUT2D eigenvalue weighted by atomic mass is 16.4. The molecule has 0 bridgehead atoms. The van der Waals surface area contributed by atoms with Crippen LogP contribution in [0.1, 0.15) is 42.6 Å². The van der Waals surface area contributed by atoms with Crippen molar-refractivity contribution in [3.8, 4) is 0 Å². The largest absolute Gasteiger partial charge is 0.478 e. The second-order valence-electron chi connectivity index (χ2n) is 4.42. The van der Waals surface area contributed by atoms with Gasteiger partial charge >= 0.3 is 5.97 Å².